The van der Waals surface area contributed by atoms with Gasteiger partial charge in [-0.15, -0.1) is 10.2 Å². The van der Waals surface area contributed by atoms with Crippen LogP contribution in [0.3, 0.4) is 0 Å². The van der Waals surface area contributed by atoms with Crippen LogP contribution < -0.4 is 0 Å². The summed E-state index contributed by atoms with van der Waals surface area (Å²) in [6.45, 7) is 1.86. The van der Waals surface area contributed by atoms with E-state index in [1.54, 1.807) is 12.5 Å². The summed E-state index contributed by atoms with van der Waals surface area (Å²) < 4.78 is 1.82. The van der Waals surface area contributed by atoms with Crippen LogP contribution >= 0.6 is 0 Å². The molecular weight excluding hydrogens is 184 g/mol. The van der Waals surface area contributed by atoms with Gasteiger partial charge in [0.05, 0.1) is 24.7 Å². The highest BCUT2D eigenvalue weighted by molar-refractivity contribution is 5.00. The fourth-order valence-corrected chi connectivity index (χ4v) is 1.15. The lowest BCUT2D eigenvalue weighted by Crippen LogP contribution is -2.06. The van der Waals surface area contributed by atoms with E-state index in [1.807, 2.05) is 11.5 Å². The molecule has 0 saturated carbocycles. The third-order valence-electron chi connectivity index (χ3n) is 2.00. The Balaban J connectivity index is 2.23. The predicted octanol–water partition coefficient (Wildman–Crippen LogP) is -0.502. The van der Waals surface area contributed by atoms with Crippen LogP contribution in [0.15, 0.2) is 12.5 Å². The molecule has 7 heteroatoms. The molecule has 0 radical (unpaired) electrons. The molecule has 0 spiro atoms. The van der Waals surface area contributed by atoms with E-state index in [0.717, 1.165) is 0 Å². The molecule has 0 bridgehead atoms. The van der Waals surface area contributed by atoms with Crippen LogP contribution in [0.25, 0.3) is 0 Å². The lowest BCUT2D eigenvalue weighted by Gasteiger charge is -2.06. The zero-order valence-electron chi connectivity index (χ0n) is 7.62. The third kappa shape index (κ3) is 1.49. The summed E-state index contributed by atoms with van der Waals surface area (Å²) in [4.78, 5) is 3.99. The Morgan fingerprint density at radius 2 is 2.50 bits per heavy atom. The number of nitrogens with one attached hydrogen (secondary N) is 1. The van der Waals surface area contributed by atoms with Crippen LogP contribution in [0.4, 0.5) is 0 Å². The van der Waals surface area contributed by atoms with Gasteiger partial charge in [-0.3, -0.25) is 0 Å². The number of aromatic amines is 1. The highest BCUT2D eigenvalue weighted by Gasteiger charge is 2.12. The number of hydrogen-bond acceptors (Lipinski definition) is 5. The van der Waals surface area contributed by atoms with Crippen molar-refractivity contribution in [3.63, 3.8) is 0 Å². The number of aromatic nitrogens is 6. The minimum Gasteiger partial charge on any atom is -0.390 e. The van der Waals surface area contributed by atoms with Crippen molar-refractivity contribution in [1.82, 2.24) is 30.2 Å². The second kappa shape index (κ2) is 3.54. The number of aliphatic hydroxyl groups is 1. The fraction of sp³-hybridized carbons (Fsp3) is 0.429. The van der Waals surface area contributed by atoms with Crippen LogP contribution in [-0.4, -0.2) is 35.3 Å². The van der Waals surface area contributed by atoms with Gasteiger partial charge < -0.3 is 9.67 Å². The quantitative estimate of drug-likeness (QED) is 0.687. The molecule has 14 heavy (non-hydrogen) atoms. The standard InChI is InChI=1S/C7H10N6O/c1-5(7-9-11-12-10-7)13-2-6(3-14)8-4-13/h2,4-5,14H,3H2,1H3,(H,9,10,11,12). The van der Waals surface area contributed by atoms with Crippen molar-refractivity contribution >= 4 is 0 Å². The lowest BCUT2D eigenvalue weighted by atomic mass is 10.3. The molecule has 0 aliphatic rings. The van der Waals surface area contributed by atoms with Gasteiger partial charge in [-0.1, -0.05) is 5.21 Å². The summed E-state index contributed by atoms with van der Waals surface area (Å²) >= 11 is 0. The van der Waals surface area contributed by atoms with Crippen LogP contribution in [-0.2, 0) is 6.61 Å². The minimum atomic E-state index is -0.0635. The molecular formula is C7H10N6O. The van der Waals surface area contributed by atoms with Crippen molar-refractivity contribution in [2.75, 3.05) is 0 Å². The fourth-order valence-electron chi connectivity index (χ4n) is 1.15. The molecule has 1 atom stereocenters. The summed E-state index contributed by atoms with van der Waals surface area (Å²) in [5.41, 5.74) is 0.625. The maximum Gasteiger partial charge on any atom is 0.196 e. The minimum absolute atomic E-state index is 0.0402. The molecule has 7 nitrogen and oxygen atoms in total. The zero-order valence-corrected chi connectivity index (χ0v) is 7.62. The van der Waals surface area contributed by atoms with Crippen molar-refractivity contribution in [2.45, 2.75) is 19.6 Å². The first kappa shape index (κ1) is 8.82. The highest BCUT2D eigenvalue weighted by atomic mass is 16.3. The maximum atomic E-state index is 8.84. The van der Waals surface area contributed by atoms with Gasteiger partial charge in [0.1, 0.15) is 0 Å². The van der Waals surface area contributed by atoms with Gasteiger partial charge in [-0.25, -0.2) is 4.98 Å². The summed E-state index contributed by atoms with van der Waals surface area (Å²) in [6.07, 6.45) is 3.38. The van der Waals surface area contributed by atoms with E-state index in [0.29, 0.717) is 11.5 Å². The third-order valence-corrected chi connectivity index (χ3v) is 2.00. The highest BCUT2D eigenvalue weighted by Crippen LogP contribution is 2.12. The van der Waals surface area contributed by atoms with E-state index in [9.17, 15) is 0 Å². The number of rotatable bonds is 3. The molecule has 0 aromatic carbocycles. The van der Waals surface area contributed by atoms with Crippen LogP contribution in [0.2, 0.25) is 0 Å². The van der Waals surface area contributed by atoms with E-state index < -0.39 is 0 Å². The largest absolute Gasteiger partial charge is 0.390 e. The van der Waals surface area contributed by atoms with Crippen LogP contribution in [0.5, 0.6) is 0 Å². The molecule has 2 aromatic rings. The summed E-state index contributed by atoms with van der Waals surface area (Å²) in [5, 5.41) is 22.4. The molecule has 2 N–H and O–H groups in total. The number of H-pyrrole nitrogens is 1. The molecule has 0 saturated heterocycles. The van der Waals surface area contributed by atoms with Gasteiger partial charge in [-0.2, -0.15) is 5.21 Å². The molecule has 0 fully saturated rings. The second-order valence-corrected chi connectivity index (χ2v) is 2.92. The van der Waals surface area contributed by atoms with Crippen molar-refractivity contribution in [1.29, 1.82) is 0 Å². The number of aliphatic hydroxyl groups excluding tert-OH is 1. The van der Waals surface area contributed by atoms with E-state index >= 15 is 0 Å². The Hall–Kier alpha value is -1.76. The Labute approximate surface area is 79.8 Å². The lowest BCUT2D eigenvalue weighted by molar-refractivity contribution is 0.277. The number of imidazole rings is 1. The topological polar surface area (TPSA) is 92.5 Å². The van der Waals surface area contributed by atoms with Gasteiger partial charge >= 0.3 is 0 Å². The summed E-state index contributed by atoms with van der Waals surface area (Å²) in [7, 11) is 0. The molecule has 2 heterocycles. The average molecular weight is 194 g/mol. The van der Waals surface area contributed by atoms with Crippen molar-refractivity contribution < 1.29 is 5.11 Å². The van der Waals surface area contributed by atoms with Crippen molar-refractivity contribution in [3.8, 4) is 0 Å². The van der Waals surface area contributed by atoms with Gasteiger partial charge in [0.15, 0.2) is 5.82 Å². The Morgan fingerprint density at radius 3 is 3.07 bits per heavy atom. The Morgan fingerprint density at radius 1 is 1.64 bits per heavy atom. The first-order valence-corrected chi connectivity index (χ1v) is 4.18. The van der Waals surface area contributed by atoms with Gasteiger partial charge in [-0.05, 0) is 6.92 Å². The smallest absolute Gasteiger partial charge is 0.196 e. The zero-order chi connectivity index (χ0) is 9.97. The van der Waals surface area contributed by atoms with Crippen molar-refractivity contribution in [3.05, 3.63) is 24.0 Å². The Bertz CT molecular complexity index is 394. The Kier molecular flexibility index (Phi) is 2.23. The monoisotopic (exact) mass is 194 g/mol. The number of hydrogen-bond donors (Lipinski definition) is 2. The predicted molar refractivity (Wildman–Crippen MR) is 46.1 cm³/mol. The molecule has 74 valence electrons. The molecule has 2 rings (SSSR count). The van der Waals surface area contributed by atoms with E-state index in [-0.39, 0.29) is 12.6 Å². The first-order chi connectivity index (χ1) is 6.81. The SMILES string of the molecule is CC(c1nn[nH]n1)n1cnc(CO)c1. The number of tetrazole rings is 1. The van der Waals surface area contributed by atoms with E-state index in [4.69, 9.17) is 5.11 Å². The molecule has 0 amide bonds. The van der Waals surface area contributed by atoms with Crippen molar-refractivity contribution in [2.24, 2.45) is 0 Å². The first-order valence-electron chi connectivity index (χ1n) is 4.18. The summed E-state index contributed by atoms with van der Waals surface area (Å²) in [5.74, 6) is 0.590. The maximum absolute atomic E-state index is 8.84. The van der Waals surface area contributed by atoms with Crippen LogP contribution in [0.1, 0.15) is 24.5 Å². The molecule has 2 aromatic heterocycles. The molecule has 0 aliphatic heterocycles. The average Bonchev–Trinajstić information content (AvgIpc) is 2.88. The van der Waals surface area contributed by atoms with Gasteiger partial charge in [0.2, 0.25) is 0 Å². The van der Waals surface area contributed by atoms with Gasteiger partial charge in [0.25, 0.3) is 0 Å². The van der Waals surface area contributed by atoms with Crippen LogP contribution in [0, 0.1) is 0 Å². The molecule has 1 unspecified atom stereocenters. The van der Waals surface area contributed by atoms with E-state index in [2.05, 4.69) is 25.6 Å². The van der Waals surface area contributed by atoms with E-state index in [1.165, 1.54) is 0 Å². The summed E-state index contributed by atoms with van der Waals surface area (Å²) in [6, 6.07) is -0.0402. The normalized spacial score (nSPS) is 13.0. The second-order valence-electron chi connectivity index (χ2n) is 2.92. The van der Waals surface area contributed by atoms with Gasteiger partial charge in [0, 0.05) is 6.20 Å². The molecule has 0 aliphatic carbocycles. The number of nitrogens with zero attached hydrogens (tertiary/aromatic N) is 5.